The van der Waals surface area contributed by atoms with Gasteiger partial charge in [0.15, 0.2) is 0 Å². The van der Waals surface area contributed by atoms with Gasteiger partial charge in [-0.3, -0.25) is 4.79 Å². The van der Waals surface area contributed by atoms with E-state index >= 15 is 0 Å². The SMILES string of the molecule is CC1CCCC(C)N1S(=O)(=O)c1ccc(NC(=O)/C=C/c2ccc(C#N)cc2)cc1. The molecule has 6 nitrogen and oxygen atoms in total. The predicted molar refractivity (Wildman–Crippen MR) is 117 cm³/mol. The highest BCUT2D eigenvalue weighted by molar-refractivity contribution is 7.89. The van der Waals surface area contributed by atoms with Crippen molar-refractivity contribution in [2.45, 2.75) is 50.1 Å². The molecular formula is C23H25N3O3S. The van der Waals surface area contributed by atoms with Crippen molar-refractivity contribution in [3.8, 4) is 6.07 Å². The molecule has 1 aliphatic rings. The highest BCUT2D eigenvalue weighted by Gasteiger charge is 2.35. The number of anilines is 1. The lowest BCUT2D eigenvalue weighted by Crippen LogP contribution is -2.47. The van der Waals surface area contributed by atoms with Gasteiger partial charge in [0.05, 0.1) is 16.5 Å². The molecule has 30 heavy (non-hydrogen) atoms. The molecule has 0 bridgehead atoms. The second-order valence-corrected chi connectivity index (χ2v) is 9.39. The quantitative estimate of drug-likeness (QED) is 0.731. The van der Waals surface area contributed by atoms with Crippen molar-refractivity contribution < 1.29 is 13.2 Å². The number of nitrogens with zero attached hydrogens (tertiary/aromatic N) is 2. The third-order valence-corrected chi connectivity index (χ3v) is 7.42. The molecule has 2 aromatic rings. The molecule has 0 saturated carbocycles. The molecule has 7 heteroatoms. The van der Waals surface area contributed by atoms with Crippen LogP contribution in [0, 0.1) is 11.3 Å². The first-order valence-electron chi connectivity index (χ1n) is 9.94. The van der Waals surface area contributed by atoms with E-state index in [0.29, 0.717) is 11.3 Å². The van der Waals surface area contributed by atoms with Crippen molar-refractivity contribution in [1.29, 1.82) is 5.26 Å². The Morgan fingerprint density at radius 3 is 2.23 bits per heavy atom. The summed E-state index contributed by atoms with van der Waals surface area (Å²) in [5, 5.41) is 11.5. The van der Waals surface area contributed by atoms with Crippen LogP contribution in [-0.4, -0.2) is 30.7 Å². The Balaban J connectivity index is 1.67. The van der Waals surface area contributed by atoms with Gasteiger partial charge in [0.2, 0.25) is 15.9 Å². The Morgan fingerprint density at radius 1 is 1.07 bits per heavy atom. The molecule has 1 fully saturated rings. The van der Waals surface area contributed by atoms with Gasteiger partial charge < -0.3 is 5.32 Å². The molecule has 1 amide bonds. The van der Waals surface area contributed by atoms with Crippen LogP contribution in [0.5, 0.6) is 0 Å². The fraction of sp³-hybridized carbons (Fsp3) is 0.304. The van der Waals surface area contributed by atoms with Crippen molar-refractivity contribution in [2.75, 3.05) is 5.32 Å². The number of nitriles is 1. The standard InChI is InChI=1S/C23H25N3O3S/c1-17-4-3-5-18(2)26(17)30(28,29)22-13-11-21(12-14-22)25-23(27)15-10-19-6-8-20(16-24)9-7-19/h6-15,17-18H,3-5H2,1-2H3,(H,25,27)/b15-10+. The number of hydrogen-bond donors (Lipinski definition) is 1. The minimum absolute atomic E-state index is 0.0227. The molecule has 2 aromatic carbocycles. The lowest BCUT2D eigenvalue weighted by Gasteiger charge is -2.37. The number of carbonyl (C=O) groups excluding carboxylic acids is 1. The Bertz CT molecular complexity index is 1060. The largest absolute Gasteiger partial charge is 0.323 e. The van der Waals surface area contributed by atoms with Crippen LogP contribution < -0.4 is 5.32 Å². The first-order chi connectivity index (χ1) is 14.3. The maximum absolute atomic E-state index is 13.1. The Morgan fingerprint density at radius 2 is 1.67 bits per heavy atom. The number of piperidine rings is 1. The molecule has 2 unspecified atom stereocenters. The molecular weight excluding hydrogens is 398 g/mol. The van der Waals surface area contributed by atoms with E-state index in [2.05, 4.69) is 5.32 Å². The lowest BCUT2D eigenvalue weighted by molar-refractivity contribution is -0.111. The van der Waals surface area contributed by atoms with Gasteiger partial charge in [-0.15, -0.1) is 0 Å². The zero-order chi connectivity index (χ0) is 21.7. The number of rotatable bonds is 5. The Hall–Kier alpha value is -2.95. The summed E-state index contributed by atoms with van der Waals surface area (Å²) in [5.74, 6) is -0.326. The predicted octanol–water partition coefficient (Wildman–Crippen LogP) is 4.16. The van der Waals surface area contributed by atoms with Crippen LogP contribution in [0.1, 0.15) is 44.2 Å². The van der Waals surface area contributed by atoms with Crippen molar-refractivity contribution in [3.05, 3.63) is 65.7 Å². The van der Waals surface area contributed by atoms with Crippen molar-refractivity contribution in [1.82, 2.24) is 4.31 Å². The molecule has 1 aliphatic heterocycles. The van der Waals surface area contributed by atoms with Crippen LogP contribution in [0.25, 0.3) is 6.08 Å². The second-order valence-electron chi connectivity index (χ2n) is 7.54. The summed E-state index contributed by atoms with van der Waals surface area (Å²) in [5.41, 5.74) is 1.87. The van der Waals surface area contributed by atoms with Crippen LogP contribution in [0.15, 0.2) is 59.5 Å². The van der Waals surface area contributed by atoms with E-state index < -0.39 is 10.0 Å². The number of benzene rings is 2. The average Bonchev–Trinajstić information content (AvgIpc) is 2.73. The molecule has 1 N–H and O–H groups in total. The van der Waals surface area contributed by atoms with Gasteiger partial charge in [-0.05, 0) is 74.7 Å². The summed E-state index contributed by atoms with van der Waals surface area (Å²) >= 11 is 0. The Labute approximate surface area is 177 Å². The van der Waals surface area contributed by atoms with Crippen molar-refractivity contribution in [3.63, 3.8) is 0 Å². The third kappa shape index (κ3) is 4.96. The Kier molecular flexibility index (Phi) is 6.70. The first-order valence-corrected chi connectivity index (χ1v) is 11.4. The molecule has 0 aliphatic carbocycles. The van der Waals surface area contributed by atoms with Gasteiger partial charge in [0, 0.05) is 23.8 Å². The van der Waals surface area contributed by atoms with Crippen LogP contribution in [0.2, 0.25) is 0 Å². The number of hydrogen-bond acceptors (Lipinski definition) is 4. The molecule has 0 aromatic heterocycles. The van der Waals surface area contributed by atoms with Gasteiger partial charge >= 0.3 is 0 Å². The first kappa shape index (κ1) is 21.8. The topological polar surface area (TPSA) is 90.3 Å². The average molecular weight is 424 g/mol. The summed E-state index contributed by atoms with van der Waals surface area (Å²) in [6.07, 6.45) is 5.81. The van der Waals surface area contributed by atoms with Crippen LogP contribution in [0.3, 0.4) is 0 Å². The molecule has 156 valence electrons. The molecule has 0 spiro atoms. The highest BCUT2D eigenvalue weighted by atomic mass is 32.2. The van der Waals surface area contributed by atoms with Gasteiger partial charge in [0.25, 0.3) is 0 Å². The summed E-state index contributed by atoms with van der Waals surface area (Å²) in [6, 6.07) is 15.1. The van der Waals surface area contributed by atoms with Crippen LogP contribution in [-0.2, 0) is 14.8 Å². The third-order valence-electron chi connectivity index (χ3n) is 5.28. The summed E-state index contributed by atoms with van der Waals surface area (Å²) in [6.45, 7) is 3.89. The van der Waals surface area contributed by atoms with E-state index in [1.165, 1.54) is 18.2 Å². The monoisotopic (exact) mass is 423 g/mol. The van der Waals surface area contributed by atoms with Crippen LogP contribution in [0.4, 0.5) is 5.69 Å². The molecule has 1 saturated heterocycles. The number of amides is 1. The second kappa shape index (κ2) is 9.24. The van der Waals surface area contributed by atoms with E-state index in [1.54, 1.807) is 46.8 Å². The minimum Gasteiger partial charge on any atom is -0.323 e. The van der Waals surface area contributed by atoms with E-state index in [1.807, 2.05) is 19.9 Å². The molecule has 3 rings (SSSR count). The number of nitrogens with one attached hydrogen (secondary N) is 1. The van der Waals surface area contributed by atoms with Gasteiger partial charge in [-0.1, -0.05) is 18.6 Å². The summed E-state index contributed by atoms with van der Waals surface area (Å²) < 4.78 is 27.7. The lowest BCUT2D eigenvalue weighted by atomic mass is 10.0. The minimum atomic E-state index is -3.57. The summed E-state index contributed by atoms with van der Waals surface area (Å²) in [7, 11) is -3.57. The smallest absolute Gasteiger partial charge is 0.248 e. The van der Waals surface area contributed by atoms with Gasteiger partial charge in [-0.25, -0.2) is 8.42 Å². The van der Waals surface area contributed by atoms with Gasteiger partial charge in [-0.2, -0.15) is 9.57 Å². The fourth-order valence-electron chi connectivity index (χ4n) is 3.73. The van der Waals surface area contributed by atoms with Crippen molar-refractivity contribution >= 4 is 27.7 Å². The zero-order valence-corrected chi connectivity index (χ0v) is 17.9. The van der Waals surface area contributed by atoms with E-state index in [9.17, 15) is 13.2 Å². The van der Waals surface area contributed by atoms with Crippen molar-refractivity contribution in [2.24, 2.45) is 0 Å². The van der Waals surface area contributed by atoms with E-state index in [-0.39, 0.29) is 22.9 Å². The van der Waals surface area contributed by atoms with E-state index in [4.69, 9.17) is 5.26 Å². The summed E-state index contributed by atoms with van der Waals surface area (Å²) in [4.78, 5) is 12.4. The van der Waals surface area contributed by atoms with Gasteiger partial charge in [0.1, 0.15) is 0 Å². The zero-order valence-electron chi connectivity index (χ0n) is 17.1. The number of sulfonamides is 1. The molecule has 1 heterocycles. The number of carbonyl (C=O) groups is 1. The fourth-order valence-corrected chi connectivity index (χ4v) is 5.61. The normalized spacial score (nSPS) is 20.0. The van der Waals surface area contributed by atoms with Crippen LogP contribution >= 0.6 is 0 Å². The maximum Gasteiger partial charge on any atom is 0.248 e. The molecule has 0 radical (unpaired) electrons. The molecule has 2 atom stereocenters. The maximum atomic E-state index is 13.1. The van der Waals surface area contributed by atoms with E-state index in [0.717, 1.165) is 24.8 Å². The highest BCUT2D eigenvalue weighted by Crippen LogP contribution is 2.29.